The summed E-state index contributed by atoms with van der Waals surface area (Å²) in [6.07, 6.45) is 3.54. The average molecular weight is 350 g/mol. The van der Waals surface area contributed by atoms with Crippen molar-refractivity contribution in [2.24, 2.45) is 0 Å². The Bertz CT molecular complexity index is 642. The van der Waals surface area contributed by atoms with E-state index >= 15 is 0 Å². The molecule has 0 aliphatic heterocycles. The Hall–Kier alpha value is -1.35. The van der Waals surface area contributed by atoms with Crippen LogP contribution in [-0.4, -0.2) is 5.78 Å². The molecule has 0 bridgehead atoms. The van der Waals surface area contributed by atoms with Gasteiger partial charge in [0.15, 0.2) is 5.78 Å². The molecule has 1 saturated carbocycles. The predicted octanol–water partition coefficient (Wildman–Crippen LogP) is 4.89. The summed E-state index contributed by atoms with van der Waals surface area (Å²) in [5.74, 6) is 0.289. The molecule has 4 heteroatoms. The van der Waals surface area contributed by atoms with Crippen LogP contribution in [0.5, 0.6) is 0 Å². The van der Waals surface area contributed by atoms with E-state index < -0.39 is 5.54 Å². The lowest BCUT2D eigenvalue weighted by Crippen LogP contribution is -2.50. The second-order valence-electron chi connectivity index (χ2n) is 5.88. The van der Waals surface area contributed by atoms with Crippen LogP contribution in [0, 0.1) is 0 Å². The van der Waals surface area contributed by atoms with Crippen molar-refractivity contribution >= 4 is 29.8 Å². The van der Waals surface area contributed by atoms with Gasteiger partial charge in [-0.05, 0) is 36.1 Å². The minimum Gasteiger partial charge on any atom is -0.297 e. The SMILES string of the molecule is Cl.O=C1CCCCC1(NCc1ccccc1)c1ccc(Cl)cc1. The van der Waals surface area contributed by atoms with Gasteiger partial charge < -0.3 is 0 Å². The van der Waals surface area contributed by atoms with Crippen LogP contribution < -0.4 is 5.32 Å². The quantitative estimate of drug-likeness (QED) is 0.851. The highest BCUT2D eigenvalue weighted by Crippen LogP contribution is 2.35. The lowest BCUT2D eigenvalue weighted by Gasteiger charge is -2.37. The molecule has 2 aromatic rings. The Morgan fingerprint density at radius 2 is 1.70 bits per heavy atom. The van der Waals surface area contributed by atoms with Crippen LogP contribution >= 0.6 is 24.0 Å². The molecule has 2 aromatic carbocycles. The maximum atomic E-state index is 12.7. The zero-order valence-corrected chi connectivity index (χ0v) is 14.5. The summed E-state index contributed by atoms with van der Waals surface area (Å²) in [5.41, 5.74) is 1.64. The van der Waals surface area contributed by atoms with Crippen LogP contribution in [0.4, 0.5) is 0 Å². The normalized spacial score (nSPS) is 20.8. The zero-order chi connectivity index (χ0) is 15.4. The molecule has 0 amide bonds. The first kappa shape index (κ1) is 18.0. The molecule has 1 aliphatic carbocycles. The number of halogens is 2. The second kappa shape index (κ2) is 7.96. The van der Waals surface area contributed by atoms with Gasteiger partial charge in [-0.1, -0.05) is 60.5 Å². The number of Topliss-reactive ketones (excluding diaryl/α,β-unsaturated/α-hetero) is 1. The number of hydrogen-bond donors (Lipinski definition) is 1. The van der Waals surface area contributed by atoms with Crippen molar-refractivity contribution in [3.63, 3.8) is 0 Å². The number of carbonyl (C=O) groups is 1. The van der Waals surface area contributed by atoms with Crippen molar-refractivity contribution in [1.82, 2.24) is 5.32 Å². The monoisotopic (exact) mass is 349 g/mol. The number of rotatable bonds is 4. The van der Waals surface area contributed by atoms with Gasteiger partial charge in [0, 0.05) is 18.0 Å². The lowest BCUT2D eigenvalue weighted by molar-refractivity contribution is -0.128. The molecule has 0 radical (unpaired) electrons. The summed E-state index contributed by atoms with van der Waals surface area (Å²) in [6.45, 7) is 0.690. The Balaban J connectivity index is 0.00000192. The first-order chi connectivity index (χ1) is 10.7. The molecule has 0 aromatic heterocycles. The van der Waals surface area contributed by atoms with Crippen molar-refractivity contribution in [1.29, 1.82) is 0 Å². The fraction of sp³-hybridized carbons (Fsp3) is 0.316. The smallest absolute Gasteiger partial charge is 0.157 e. The highest BCUT2D eigenvalue weighted by Gasteiger charge is 2.40. The van der Waals surface area contributed by atoms with E-state index in [1.54, 1.807) is 0 Å². The van der Waals surface area contributed by atoms with Crippen molar-refractivity contribution in [3.8, 4) is 0 Å². The van der Waals surface area contributed by atoms with Gasteiger partial charge >= 0.3 is 0 Å². The van der Waals surface area contributed by atoms with Crippen molar-refractivity contribution in [2.45, 2.75) is 37.8 Å². The molecule has 1 unspecified atom stereocenters. The maximum Gasteiger partial charge on any atom is 0.157 e. The van der Waals surface area contributed by atoms with Crippen molar-refractivity contribution < 1.29 is 4.79 Å². The summed E-state index contributed by atoms with van der Waals surface area (Å²) in [7, 11) is 0. The van der Waals surface area contributed by atoms with Gasteiger partial charge in [0.2, 0.25) is 0 Å². The zero-order valence-electron chi connectivity index (χ0n) is 12.9. The van der Waals surface area contributed by atoms with Crippen LogP contribution in [0.3, 0.4) is 0 Å². The molecule has 0 heterocycles. The van der Waals surface area contributed by atoms with Gasteiger partial charge in [0.05, 0.1) is 0 Å². The van der Waals surface area contributed by atoms with Gasteiger partial charge in [-0.15, -0.1) is 12.4 Å². The number of hydrogen-bond acceptors (Lipinski definition) is 2. The standard InChI is InChI=1S/C19H20ClNO.ClH/c20-17-11-9-16(10-12-17)19(13-5-4-8-18(19)22)21-14-15-6-2-1-3-7-15;/h1-3,6-7,9-12,21H,4-5,8,13-14H2;1H. The molecule has 122 valence electrons. The van der Waals surface area contributed by atoms with Crippen molar-refractivity contribution in [2.75, 3.05) is 0 Å². The number of ketones is 1. The Morgan fingerprint density at radius 1 is 1.00 bits per heavy atom. The highest BCUT2D eigenvalue weighted by atomic mass is 35.5. The minimum atomic E-state index is -0.571. The molecule has 1 aliphatic rings. The van der Waals surface area contributed by atoms with Crippen molar-refractivity contribution in [3.05, 3.63) is 70.7 Å². The minimum absolute atomic E-state index is 0. The first-order valence-corrected chi connectivity index (χ1v) is 8.17. The van der Waals surface area contributed by atoms with E-state index in [-0.39, 0.29) is 18.2 Å². The third-order valence-electron chi connectivity index (χ3n) is 4.46. The topological polar surface area (TPSA) is 29.1 Å². The van der Waals surface area contributed by atoms with Crippen LogP contribution in [-0.2, 0) is 16.9 Å². The molecule has 23 heavy (non-hydrogen) atoms. The summed E-state index contributed by atoms with van der Waals surface area (Å²) in [5, 5.41) is 4.24. The first-order valence-electron chi connectivity index (χ1n) is 7.79. The molecule has 0 saturated heterocycles. The highest BCUT2D eigenvalue weighted by molar-refractivity contribution is 6.30. The van der Waals surface area contributed by atoms with Crippen LogP contribution in [0.2, 0.25) is 5.02 Å². The maximum absolute atomic E-state index is 12.7. The van der Waals surface area contributed by atoms with E-state index in [1.807, 2.05) is 42.5 Å². The van der Waals surface area contributed by atoms with E-state index in [0.29, 0.717) is 18.0 Å². The summed E-state index contributed by atoms with van der Waals surface area (Å²) in [4.78, 5) is 12.7. The fourth-order valence-electron chi connectivity index (χ4n) is 3.21. The van der Waals surface area contributed by atoms with Crippen LogP contribution in [0.15, 0.2) is 54.6 Å². The lowest BCUT2D eigenvalue weighted by atomic mass is 9.75. The van der Waals surface area contributed by atoms with E-state index in [0.717, 1.165) is 24.8 Å². The molecule has 2 nitrogen and oxygen atoms in total. The van der Waals surface area contributed by atoms with Crippen LogP contribution in [0.1, 0.15) is 36.8 Å². The van der Waals surface area contributed by atoms with Gasteiger partial charge in [0.25, 0.3) is 0 Å². The molecule has 0 spiro atoms. The van der Waals surface area contributed by atoms with Gasteiger partial charge in [-0.2, -0.15) is 0 Å². The summed E-state index contributed by atoms with van der Waals surface area (Å²) >= 11 is 6.00. The van der Waals surface area contributed by atoms with E-state index in [2.05, 4.69) is 17.4 Å². The van der Waals surface area contributed by atoms with E-state index in [1.165, 1.54) is 5.56 Å². The fourth-order valence-corrected chi connectivity index (χ4v) is 3.33. The third kappa shape index (κ3) is 3.95. The molecular weight excluding hydrogens is 329 g/mol. The number of nitrogens with one attached hydrogen (secondary N) is 1. The predicted molar refractivity (Wildman–Crippen MR) is 97.1 cm³/mol. The van der Waals surface area contributed by atoms with Gasteiger partial charge in [0.1, 0.15) is 5.54 Å². The Morgan fingerprint density at radius 3 is 2.35 bits per heavy atom. The number of benzene rings is 2. The van der Waals surface area contributed by atoms with E-state index in [4.69, 9.17) is 11.6 Å². The summed E-state index contributed by atoms with van der Waals surface area (Å²) < 4.78 is 0. The van der Waals surface area contributed by atoms with Gasteiger partial charge in [-0.25, -0.2) is 0 Å². The summed E-state index contributed by atoms with van der Waals surface area (Å²) in [6, 6.07) is 17.9. The molecule has 1 fully saturated rings. The third-order valence-corrected chi connectivity index (χ3v) is 4.71. The molecular formula is C19H21Cl2NO. The Kier molecular flexibility index (Phi) is 6.23. The molecule has 3 rings (SSSR count). The van der Waals surface area contributed by atoms with Gasteiger partial charge in [-0.3, -0.25) is 10.1 Å². The van der Waals surface area contributed by atoms with E-state index in [9.17, 15) is 4.79 Å². The second-order valence-corrected chi connectivity index (χ2v) is 6.32. The molecule has 1 atom stereocenters. The molecule has 1 N–H and O–H groups in total. The van der Waals surface area contributed by atoms with Crippen LogP contribution in [0.25, 0.3) is 0 Å². The largest absolute Gasteiger partial charge is 0.297 e. The Labute approximate surface area is 148 Å². The number of carbonyl (C=O) groups excluding carboxylic acids is 1. The average Bonchev–Trinajstić information content (AvgIpc) is 2.56.